The Balaban J connectivity index is 0.00000420. The van der Waals surface area contributed by atoms with Gasteiger partial charge in [0.1, 0.15) is 0 Å². The Bertz CT molecular complexity index is 595. The van der Waals surface area contributed by atoms with E-state index in [4.69, 9.17) is 18.9 Å². The highest BCUT2D eigenvalue weighted by Gasteiger charge is 2.15. The van der Waals surface area contributed by atoms with Gasteiger partial charge in [-0.05, 0) is 43.4 Å². The second kappa shape index (κ2) is 15.6. The number of aryl methyl sites for hydroxylation is 1. The summed E-state index contributed by atoms with van der Waals surface area (Å²) in [6.07, 6.45) is 4.05. The van der Waals surface area contributed by atoms with Crippen molar-refractivity contribution in [2.24, 2.45) is 10.9 Å². The van der Waals surface area contributed by atoms with Gasteiger partial charge in [0.25, 0.3) is 0 Å². The van der Waals surface area contributed by atoms with Crippen LogP contribution in [0, 0.1) is 5.92 Å². The van der Waals surface area contributed by atoms with E-state index < -0.39 is 0 Å². The molecule has 1 aromatic rings. The maximum atomic E-state index is 5.72. The van der Waals surface area contributed by atoms with Crippen molar-refractivity contribution in [3.8, 4) is 11.5 Å². The van der Waals surface area contributed by atoms with Crippen molar-refractivity contribution in [1.82, 2.24) is 10.6 Å². The smallest absolute Gasteiger partial charge is 0.190 e. The number of aliphatic imine (C=N–C) groups is 1. The van der Waals surface area contributed by atoms with Crippen LogP contribution in [0.2, 0.25) is 0 Å². The van der Waals surface area contributed by atoms with Crippen molar-refractivity contribution in [3.63, 3.8) is 0 Å². The van der Waals surface area contributed by atoms with E-state index in [9.17, 15) is 0 Å². The van der Waals surface area contributed by atoms with Crippen LogP contribution in [0.1, 0.15) is 24.8 Å². The van der Waals surface area contributed by atoms with Gasteiger partial charge in [-0.25, -0.2) is 0 Å². The van der Waals surface area contributed by atoms with Crippen LogP contribution >= 0.6 is 24.0 Å². The first-order chi connectivity index (χ1) is 13.8. The molecule has 1 fully saturated rings. The molecule has 2 rings (SSSR count). The fourth-order valence-electron chi connectivity index (χ4n) is 3.10. The van der Waals surface area contributed by atoms with Gasteiger partial charge in [-0.1, -0.05) is 6.07 Å². The first-order valence-corrected chi connectivity index (χ1v) is 10.1. The number of nitrogens with one attached hydrogen (secondary N) is 2. The molecule has 0 saturated carbocycles. The Labute approximate surface area is 191 Å². The molecule has 1 unspecified atom stereocenters. The second-order valence-corrected chi connectivity index (χ2v) is 6.88. The summed E-state index contributed by atoms with van der Waals surface area (Å²) in [6, 6.07) is 6.06. The van der Waals surface area contributed by atoms with Gasteiger partial charge in [-0.3, -0.25) is 4.99 Å². The Kier molecular flexibility index (Phi) is 13.8. The van der Waals surface area contributed by atoms with Gasteiger partial charge < -0.3 is 29.6 Å². The zero-order valence-electron chi connectivity index (χ0n) is 17.9. The lowest BCUT2D eigenvalue weighted by atomic mass is 10.1. The molecule has 1 aliphatic rings. The summed E-state index contributed by atoms with van der Waals surface area (Å²) < 4.78 is 21.7. The number of hydrogen-bond acceptors (Lipinski definition) is 5. The van der Waals surface area contributed by atoms with Crippen LogP contribution in [0.25, 0.3) is 0 Å². The van der Waals surface area contributed by atoms with E-state index in [1.807, 2.05) is 12.1 Å². The molecule has 1 aliphatic heterocycles. The number of nitrogens with zero attached hydrogens (tertiary/aromatic N) is 1. The first-order valence-electron chi connectivity index (χ1n) is 10.1. The summed E-state index contributed by atoms with van der Waals surface area (Å²) in [5.74, 6) is 2.94. The Morgan fingerprint density at radius 2 is 1.90 bits per heavy atom. The molecule has 1 aromatic carbocycles. The van der Waals surface area contributed by atoms with Crippen molar-refractivity contribution in [3.05, 3.63) is 23.8 Å². The molecule has 0 amide bonds. The summed E-state index contributed by atoms with van der Waals surface area (Å²) in [6.45, 7) is 4.99. The van der Waals surface area contributed by atoms with Crippen LogP contribution < -0.4 is 20.1 Å². The van der Waals surface area contributed by atoms with Crippen LogP contribution in [0.5, 0.6) is 11.5 Å². The van der Waals surface area contributed by atoms with Crippen molar-refractivity contribution in [2.45, 2.75) is 25.7 Å². The maximum absolute atomic E-state index is 5.72. The number of methoxy groups -OCH3 is 2. The third kappa shape index (κ3) is 9.86. The van der Waals surface area contributed by atoms with Crippen LogP contribution in [0.15, 0.2) is 23.2 Å². The average Bonchev–Trinajstić information content (AvgIpc) is 3.25. The third-order valence-electron chi connectivity index (χ3n) is 4.74. The minimum Gasteiger partial charge on any atom is -0.493 e. The number of ether oxygens (including phenoxy) is 4. The quantitative estimate of drug-likeness (QED) is 0.191. The molecule has 0 radical (unpaired) electrons. The fraction of sp³-hybridized carbons (Fsp3) is 0.667. The Morgan fingerprint density at radius 3 is 2.55 bits per heavy atom. The molecular formula is C21H36IN3O4. The molecule has 1 heterocycles. The van der Waals surface area contributed by atoms with E-state index >= 15 is 0 Å². The number of hydrogen-bond donors (Lipinski definition) is 2. The van der Waals surface area contributed by atoms with Crippen molar-refractivity contribution in [1.29, 1.82) is 0 Å². The number of benzene rings is 1. The molecule has 2 N–H and O–H groups in total. The molecule has 1 saturated heterocycles. The predicted molar refractivity (Wildman–Crippen MR) is 127 cm³/mol. The van der Waals surface area contributed by atoms with Gasteiger partial charge in [-0.2, -0.15) is 0 Å². The minimum atomic E-state index is 0. The van der Waals surface area contributed by atoms with Gasteiger partial charge in [0.05, 0.1) is 27.4 Å². The molecule has 0 spiro atoms. The van der Waals surface area contributed by atoms with E-state index in [-0.39, 0.29) is 24.0 Å². The zero-order valence-corrected chi connectivity index (χ0v) is 20.2. The number of halogens is 1. The molecule has 166 valence electrons. The molecule has 0 aliphatic carbocycles. The lowest BCUT2D eigenvalue weighted by Crippen LogP contribution is -2.38. The third-order valence-corrected chi connectivity index (χ3v) is 4.74. The highest BCUT2D eigenvalue weighted by molar-refractivity contribution is 14.0. The Hall–Kier alpha value is -1.26. The zero-order chi connectivity index (χ0) is 20.0. The maximum Gasteiger partial charge on any atom is 0.190 e. The second-order valence-electron chi connectivity index (χ2n) is 6.88. The molecule has 1 atom stereocenters. The van der Waals surface area contributed by atoms with Crippen molar-refractivity contribution < 1.29 is 18.9 Å². The minimum absolute atomic E-state index is 0. The topological polar surface area (TPSA) is 73.3 Å². The van der Waals surface area contributed by atoms with Crippen molar-refractivity contribution in [2.75, 3.05) is 60.8 Å². The fourth-order valence-corrected chi connectivity index (χ4v) is 3.10. The summed E-state index contributed by atoms with van der Waals surface area (Å²) >= 11 is 0. The average molecular weight is 521 g/mol. The number of rotatable bonds is 12. The molecule has 0 aromatic heterocycles. The van der Waals surface area contributed by atoms with Gasteiger partial charge in [0.15, 0.2) is 17.5 Å². The van der Waals surface area contributed by atoms with Gasteiger partial charge in [0.2, 0.25) is 0 Å². The van der Waals surface area contributed by atoms with Crippen molar-refractivity contribution >= 4 is 29.9 Å². The molecule has 29 heavy (non-hydrogen) atoms. The van der Waals surface area contributed by atoms with E-state index in [0.717, 1.165) is 82.7 Å². The summed E-state index contributed by atoms with van der Waals surface area (Å²) in [5.41, 5.74) is 1.23. The summed E-state index contributed by atoms with van der Waals surface area (Å²) in [4.78, 5) is 4.26. The van der Waals surface area contributed by atoms with Gasteiger partial charge in [-0.15, -0.1) is 24.0 Å². The van der Waals surface area contributed by atoms with Crippen LogP contribution in [0.3, 0.4) is 0 Å². The van der Waals surface area contributed by atoms with E-state index in [2.05, 4.69) is 21.7 Å². The molecule has 8 heteroatoms. The normalized spacial score (nSPS) is 16.2. The van der Waals surface area contributed by atoms with Crippen LogP contribution in [0.4, 0.5) is 0 Å². The van der Waals surface area contributed by atoms with E-state index in [1.54, 1.807) is 21.3 Å². The van der Waals surface area contributed by atoms with E-state index in [0.29, 0.717) is 5.92 Å². The lowest BCUT2D eigenvalue weighted by molar-refractivity contribution is 0.0888. The standard InChI is InChI=1S/C21H35N3O4.HI/c1-22-21(24-11-5-12-27-15-18-9-13-28-16-18)23-10-4-6-17-7-8-19(25-2)20(14-17)26-3;/h7-8,14,18H,4-6,9-13,15-16H2,1-3H3,(H2,22,23,24);1H. The molecular weight excluding hydrogens is 485 g/mol. The predicted octanol–water partition coefficient (Wildman–Crippen LogP) is 2.86. The van der Waals surface area contributed by atoms with Gasteiger partial charge >= 0.3 is 0 Å². The van der Waals surface area contributed by atoms with Crippen LogP contribution in [-0.4, -0.2) is 66.7 Å². The largest absolute Gasteiger partial charge is 0.493 e. The Morgan fingerprint density at radius 1 is 1.14 bits per heavy atom. The van der Waals surface area contributed by atoms with E-state index in [1.165, 1.54) is 5.56 Å². The molecule has 0 bridgehead atoms. The first kappa shape index (κ1) is 25.8. The highest BCUT2D eigenvalue weighted by Crippen LogP contribution is 2.27. The lowest BCUT2D eigenvalue weighted by Gasteiger charge is -2.13. The van der Waals surface area contributed by atoms with Gasteiger partial charge in [0, 0.05) is 39.3 Å². The van der Waals surface area contributed by atoms with Crippen LogP contribution in [-0.2, 0) is 15.9 Å². The molecule has 7 nitrogen and oxygen atoms in total. The summed E-state index contributed by atoms with van der Waals surface area (Å²) in [5, 5.41) is 6.68. The SMILES string of the molecule is CN=C(NCCCOCC1CCOC1)NCCCc1ccc(OC)c(OC)c1.I. The number of guanidine groups is 1. The monoisotopic (exact) mass is 521 g/mol. The highest BCUT2D eigenvalue weighted by atomic mass is 127. The summed E-state index contributed by atoms with van der Waals surface area (Å²) in [7, 11) is 5.10.